The van der Waals surface area contributed by atoms with E-state index in [1.807, 2.05) is 0 Å². The van der Waals surface area contributed by atoms with Crippen LogP contribution in [0.4, 0.5) is 5.69 Å². The van der Waals surface area contributed by atoms with Crippen LogP contribution in [0.15, 0.2) is 48.5 Å². The van der Waals surface area contributed by atoms with Crippen LogP contribution in [-0.2, 0) is 4.74 Å². The van der Waals surface area contributed by atoms with Crippen LogP contribution in [0, 0.1) is 0 Å². The summed E-state index contributed by atoms with van der Waals surface area (Å²) in [5.41, 5.74) is 2.00. The summed E-state index contributed by atoms with van der Waals surface area (Å²) >= 11 is 0. The number of carbonyl (C=O) groups is 3. The summed E-state index contributed by atoms with van der Waals surface area (Å²) in [5.74, 6) is -0.557. The van der Waals surface area contributed by atoms with Crippen molar-refractivity contribution in [2.45, 2.75) is 25.9 Å². The Morgan fingerprint density at radius 1 is 1.00 bits per heavy atom. The Labute approximate surface area is 157 Å². The summed E-state index contributed by atoms with van der Waals surface area (Å²) in [6, 6.07) is 13.2. The molecule has 27 heavy (non-hydrogen) atoms. The molecule has 2 amide bonds. The van der Waals surface area contributed by atoms with Gasteiger partial charge in [-0.15, -0.1) is 0 Å². The van der Waals surface area contributed by atoms with E-state index in [0.29, 0.717) is 28.9 Å². The molecule has 2 aromatic rings. The van der Waals surface area contributed by atoms with E-state index >= 15 is 0 Å². The smallest absolute Gasteiger partial charge is 0.255 e. The van der Waals surface area contributed by atoms with E-state index < -0.39 is 0 Å². The van der Waals surface area contributed by atoms with Gasteiger partial charge in [-0.1, -0.05) is 12.1 Å². The summed E-state index contributed by atoms with van der Waals surface area (Å²) < 4.78 is 5.48. The highest BCUT2D eigenvalue weighted by Gasteiger charge is 2.17. The Morgan fingerprint density at radius 3 is 2.33 bits per heavy atom. The van der Waals surface area contributed by atoms with Crippen LogP contribution in [0.25, 0.3) is 0 Å². The Kier molecular flexibility index (Phi) is 5.98. The molecule has 1 aliphatic rings. The number of ketones is 1. The lowest BCUT2D eigenvalue weighted by Gasteiger charge is -2.11. The monoisotopic (exact) mass is 366 g/mol. The molecule has 2 aromatic carbocycles. The van der Waals surface area contributed by atoms with Crippen molar-refractivity contribution < 1.29 is 19.1 Å². The van der Waals surface area contributed by atoms with Crippen molar-refractivity contribution in [3.8, 4) is 0 Å². The molecular weight excluding hydrogens is 344 g/mol. The number of amides is 2. The summed E-state index contributed by atoms with van der Waals surface area (Å²) in [4.78, 5) is 36.0. The highest BCUT2D eigenvalue weighted by atomic mass is 16.5. The normalized spacial score (nSPS) is 16.0. The Balaban J connectivity index is 1.59. The number of hydrogen-bond acceptors (Lipinski definition) is 4. The van der Waals surface area contributed by atoms with Gasteiger partial charge in [-0.3, -0.25) is 14.4 Å². The first-order chi connectivity index (χ1) is 13.0. The molecular formula is C21H22N2O4. The fraction of sp³-hybridized carbons (Fsp3) is 0.286. The molecule has 1 unspecified atom stereocenters. The van der Waals surface area contributed by atoms with Crippen molar-refractivity contribution in [3.05, 3.63) is 65.2 Å². The average molecular weight is 366 g/mol. The standard InChI is InChI=1S/C21H22N2O4/c1-14(24)17-4-2-5-18(12-17)23-21(26)16-9-7-15(8-10-16)20(25)22-13-19-6-3-11-27-19/h2,4-5,7-10,12,19H,3,6,11,13H2,1H3,(H,22,25)(H,23,26). The van der Waals surface area contributed by atoms with Gasteiger partial charge in [0.05, 0.1) is 6.10 Å². The molecule has 0 aliphatic carbocycles. The molecule has 1 fully saturated rings. The lowest BCUT2D eigenvalue weighted by Crippen LogP contribution is -2.31. The number of hydrogen-bond donors (Lipinski definition) is 2. The maximum Gasteiger partial charge on any atom is 0.255 e. The zero-order chi connectivity index (χ0) is 19.2. The summed E-state index contributed by atoms with van der Waals surface area (Å²) in [7, 11) is 0. The number of nitrogens with one attached hydrogen (secondary N) is 2. The molecule has 0 bridgehead atoms. The zero-order valence-corrected chi connectivity index (χ0v) is 15.2. The largest absolute Gasteiger partial charge is 0.376 e. The minimum Gasteiger partial charge on any atom is -0.376 e. The molecule has 2 N–H and O–H groups in total. The zero-order valence-electron chi connectivity index (χ0n) is 15.2. The van der Waals surface area contributed by atoms with E-state index in [9.17, 15) is 14.4 Å². The molecule has 140 valence electrons. The van der Waals surface area contributed by atoms with E-state index in [0.717, 1.165) is 19.4 Å². The van der Waals surface area contributed by atoms with Crippen molar-refractivity contribution in [1.29, 1.82) is 0 Å². The summed E-state index contributed by atoms with van der Waals surface area (Å²) in [6.07, 6.45) is 2.08. The van der Waals surface area contributed by atoms with Crippen molar-refractivity contribution in [2.24, 2.45) is 0 Å². The highest BCUT2D eigenvalue weighted by Crippen LogP contribution is 2.14. The maximum atomic E-state index is 12.4. The summed E-state index contributed by atoms with van der Waals surface area (Å²) in [5, 5.41) is 5.61. The molecule has 1 saturated heterocycles. The van der Waals surface area contributed by atoms with Gasteiger partial charge >= 0.3 is 0 Å². The molecule has 0 aromatic heterocycles. The number of ether oxygens (including phenoxy) is 1. The number of carbonyl (C=O) groups excluding carboxylic acids is 3. The number of rotatable bonds is 6. The summed E-state index contributed by atoms with van der Waals surface area (Å²) in [6.45, 7) is 2.72. The van der Waals surface area contributed by atoms with Crippen LogP contribution < -0.4 is 10.6 Å². The fourth-order valence-corrected chi connectivity index (χ4v) is 2.91. The Hall–Kier alpha value is -2.99. The van der Waals surface area contributed by atoms with E-state index in [4.69, 9.17) is 4.74 Å². The van der Waals surface area contributed by atoms with Crippen LogP contribution >= 0.6 is 0 Å². The molecule has 1 atom stereocenters. The van der Waals surface area contributed by atoms with E-state index in [1.54, 1.807) is 48.5 Å². The average Bonchev–Trinajstić information content (AvgIpc) is 3.20. The first-order valence-corrected chi connectivity index (χ1v) is 8.95. The van der Waals surface area contributed by atoms with Crippen LogP contribution in [0.5, 0.6) is 0 Å². The lowest BCUT2D eigenvalue weighted by molar-refractivity contribution is 0.0857. The maximum absolute atomic E-state index is 12.4. The van der Waals surface area contributed by atoms with E-state index in [1.165, 1.54) is 6.92 Å². The minimum absolute atomic E-state index is 0.0653. The van der Waals surface area contributed by atoms with Crippen LogP contribution in [0.3, 0.4) is 0 Å². The topological polar surface area (TPSA) is 84.5 Å². The third-order valence-electron chi connectivity index (χ3n) is 4.45. The lowest BCUT2D eigenvalue weighted by atomic mass is 10.1. The minimum atomic E-state index is -0.304. The van der Waals surface area contributed by atoms with Gasteiger partial charge in [-0.05, 0) is 56.2 Å². The van der Waals surface area contributed by atoms with Crippen molar-refractivity contribution >= 4 is 23.3 Å². The molecule has 1 heterocycles. The van der Waals surface area contributed by atoms with Crippen LogP contribution in [-0.4, -0.2) is 36.9 Å². The number of benzene rings is 2. The number of anilines is 1. The van der Waals surface area contributed by atoms with Crippen molar-refractivity contribution in [3.63, 3.8) is 0 Å². The van der Waals surface area contributed by atoms with E-state index in [-0.39, 0.29) is 23.7 Å². The van der Waals surface area contributed by atoms with Gasteiger partial charge in [0.15, 0.2) is 5.78 Å². The third-order valence-corrected chi connectivity index (χ3v) is 4.45. The van der Waals surface area contributed by atoms with Gasteiger partial charge in [0.25, 0.3) is 11.8 Å². The Bertz CT molecular complexity index is 840. The third kappa shape index (κ3) is 5.01. The highest BCUT2D eigenvalue weighted by molar-refractivity contribution is 6.05. The predicted molar refractivity (Wildman–Crippen MR) is 102 cm³/mol. The predicted octanol–water partition coefficient (Wildman–Crippen LogP) is 3.05. The first-order valence-electron chi connectivity index (χ1n) is 8.95. The van der Waals surface area contributed by atoms with Gasteiger partial charge in [0.2, 0.25) is 0 Å². The van der Waals surface area contributed by atoms with Crippen molar-refractivity contribution in [2.75, 3.05) is 18.5 Å². The molecule has 6 heteroatoms. The van der Waals surface area contributed by atoms with Gasteiger partial charge in [0.1, 0.15) is 0 Å². The van der Waals surface area contributed by atoms with Gasteiger partial charge in [0, 0.05) is 35.5 Å². The fourth-order valence-electron chi connectivity index (χ4n) is 2.91. The van der Waals surface area contributed by atoms with E-state index in [2.05, 4.69) is 10.6 Å². The quantitative estimate of drug-likeness (QED) is 0.770. The Morgan fingerprint density at radius 2 is 1.70 bits per heavy atom. The second-order valence-corrected chi connectivity index (χ2v) is 6.51. The van der Waals surface area contributed by atoms with Gasteiger partial charge in [-0.25, -0.2) is 0 Å². The van der Waals surface area contributed by atoms with Gasteiger partial charge < -0.3 is 15.4 Å². The number of Topliss-reactive ketones (excluding diaryl/α,β-unsaturated/α-hetero) is 1. The molecule has 6 nitrogen and oxygen atoms in total. The molecule has 3 rings (SSSR count). The van der Waals surface area contributed by atoms with Crippen LogP contribution in [0.2, 0.25) is 0 Å². The second kappa shape index (κ2) is 8.60. The molecule has 1 aliphatic heterocycles. The second-order valence-electron chi connectivity index (χ2n) is 6.51. The first kappa shape index (κ1) is 18.8. The molecule has 0 spiro atoms. The van der Waals surface area contributed by atoms with Gasteiger partial charge in [-0.2, -0.15) is 0 Å². The van der Waals surface area contributed by atoms with Crippen molar-refractivity contribution in [1.82, 2.24) is 5.32 Å². The van der Waals surface area contributed by atoms with Crippen LogP contribution in [0.1, 0.15) is 50.8 Å². The molecule has 0 radical (unpaired) electrons. The SMILES string of the molecule is CC(=O)c1cccc(NC(=O)c2ccc(C(=O)NCC3CCCO3)cc2)c1. The molecule has 0 saturated carbocycles.